The van der Waals surface area contributed by atoms with Crippen molar-refractivity contribution in [3.8, 4) is 0 Å². The zero-order chi connectivity index (χ0) is 14.3. The van der Waals surface area contributed by atoms with Crippen LogP contribution in [0, 0.1) is 0 Å². The maximum Gasteiger partial charge on any atom is 0.0674 e. The molecule has 0 aromatic heterocycles. The predicted molar refractivity (Wildman–Crippen MR) is 88.2 cm³/mol. The van der Waals surface area contributed by atoms with Crippen molar-refractivity contribution < 1.29 is 5.11 Å². The summed E-state index contributed by atoms with van der Waals surface area (Å²) in [5, 5.41) is 14.1. The minimum Gasteiger partial charge on any atom is -0.394 e. The molecular formula is C17H27NOS. The van der Waals surface area contributed by atoms with Crippen LogP contribution in [0.5, 0.6) is 0 Å². The summed E-state index contributed by atoms with van der Waals surface area (Å²) in [6, 6.07) is 10.3. The summed E-state index contributed by atoms with van der Waals surface area (Å²) in [4.78, 5) is 0. The zero-order valence-corrected chi connectivity index (χ0v) is 13.3. The van der Waals surface area contributed by atoms with Crippen LogP contribution in [0.2, 0.25) is 0 Å². The third-order valence-corrected chi connectivity index (χ3v) is 5.89. The van der Waals surface area contributed by atoms with Crippen molar-refractivity contribution in [1.82, 2.24) is 5.32 Å². The van der Waals surface area contributed by atoms with Gasteiger partial charge in [0.2, 0.25) is 0 Å². The highest BCUT2D eigenvalue weighted by Gasteiger charge is 2.29. The Kier molecular flexibility index (Phi) is 6.40. The summed E-state index contributed by atoms with van der Waals surface area (Å²) in [5.41, 5.74) is 0.900. The summed E-state index contributed by atoms with van der Waals surface area (Å²) in [6.07, 6.45) is 7.94. The monoisotopic (exact) mass is 293 g/mol. The zero-order valence-electron chi connectivity index (χ0n) is 12.5. The summed E-state index contributed by atoms with van der Waals surface area (Å²) >= 11 is 2.10. The number of aliphatic hydroxyl groups excluding tert-OH is 1. The van der Waals surface area contributed by atoms with Gasteiger partial charge in [-0.15, -0.1) is 0 Å². The molecule has 0 heterocycles. The quantitative estimate of drug-likeness (QED) is 0.806. The van der Waals surface area contributed by atoms with E-state index in [1.54, 1.807) is 0 Å². The maximum atomic E-state index is 9.90. The number of hydrogen-bond acceptors (Lipinski definition) is 3. The van der Waals surface area contributed by atoms with Gasteiger partial charge in [0.1, 0.15) is 0 Å². The van der Waals surface area contributed by atoms with Crippen LogP contribution in [0.3, 0.4) is 0 Å². The second-order valence-corrected chi connectivity index (χ2v) is 7.15. The first-order chi connectivity index (χ1) is 9.80. The van der Waals surface area contributed by atoms with E-state index in [-0.39, 0.29) is 12.1 Å². The van der Waals surface area contributed by atoms with Crippen molar-refractivity contribution in [2.75, 3.05) is 19.4 Å². The average molecular weight is 293 g/mol. The molecule has 0 saturated heterocycles. The van der Waals surface area contributed by atoms with E-state index >= 15 is 0 Å². The van der Waals surface area contributed by atoms with Crippen LogP contribution >= 0.6 is 11.8 Å². The first-order valence-electron chi connectivity index (χ1n) is 7.77. The van der Waals surface area contributed by atoms with Crippen LogP contribution in [-0.2, 0) is 5.54 Å². The van der Waals surface area contributed by atoms with E-state index in [9.17, 15) is 5.11 Å². The fourth-order valence-corrected chi connectivity index (χ4v) is 4.52. The van der Waals surface area contributed by atoms with Crippen LogP contribution in [0.25, 0.3) is 0 Å². The second-order valence-electron chi connectivity index (χ2n) is 5.74. The Morgan fingerprint density at radius 3 is 2.50 bits per heavy atom. The highest BCUT2D eigenvalue weighted by atomic mass is 32.2. The van der Waals surface area contributed by atoms with Gasteiger partial charge in [-0.25, -0.2) is 0 Å². The number of benzene rings is 1. The molecule has 112 valence electrons. The molecule has 1 aromatic rings. The number of rotatable bonds is 7. The Labute approximate surface area is 127 Å². The van der Waals surface area contributed by atoms with Gasteiger partial charge in [-0.1, -0.05) is 49.6 Å². The topological polar surface area (TPSA) is 32.3 Å². The molecular weight excluding hydrogens is 266 g/mol. The lowest BCUT2D eigenvalue weighted by molar-refractivity contribution is 0.165. The summed E-state index contributed by atoms with van der Waals surface area (Å²) < 4.78 is 0. The Morgan fingerprint density at radius 2 is 1.90 bits per heavy atom. The van der Waals surface area contributed by atoms with Crippen molar-refractivity contribution in [2.24, 2.45) is 0 Å². The van der Waals surface area contributed by atoms with Crippen LogP contribution in [0.4, 0.5) is 0 Å². The number of aliphatic hydroxyl groups is 1. The maximum absolute atomic E-state index is 9.90. The Morgan fingerprint density at radius 1 is 1.20 bits per heavy atom. The smallest absolute Gasteiger partial charge is 0.0674 e. The lowest BCUT2D eigenvalue weighted by Crippen LogP contribution is -2.44. The molecule has 0 bridgehead atoms. The van der Waals surface area contributed by atoms with Gasteiger partial charge in [0.25, 0.3) is 0 Å². The van der Waals surface area contributed by atoms with Gasteiger partial charge in [-0.2, -0.15) is 11.8 Å². The molecule has 0 spiro atoms. The minimum atomic E-state index is -0.289. The molecule has 0 aliphatic heterocycles. The van der Waals surface area contributed by atoms with Crippen LogP contribution in [-0.4, -0.2) is 29.8 Å². The van der Waals surface area contributed by atoms with E-state index in [0.717, 1.165) is 17.4 Å². The fraction of sp³-hybridized carbons (Fsp3) is 0.647. The first-order valence-corrected chi connectivity index (χ1v) is 8.82. The molecule has 0 radical (unpaired) electrons. The molecule has 20 heavy (non-hydrogen) atoms. The number of thioether (sulfide) groups is 1. The first kappa shape index (κ1) is 15.9. The van der Waals surface area contributed by atoms with Gasteiger partial charge in [-0.3, -0.25) is 0 Å². The van der Waals surface area contributed by atoms with Crippen molar-refractivity contribution in [3.05, 3.63) is 35.9 Å². The lowest BCUT2D eigenvalue weighted by atomic mass is 9.88. The molecule has 0 amide bonds. The summed E-state index contributed by atoms with van der Waals surface area (Å²) in [5.74, 6) is 1.11. The largest absolute Gasteiger partial charge is 0.394 e. The SMILES string of the molecule is CNC(CO)(CCSC1CCCCC1)c1ccccc1. The van der Waals surface area contributed by atoms with E-state index in [0.29, 0.717) is 0 Å². The Balaban J connectivity index is 1.91. The highest BCUT2D eigenvalue weighted by Crippen LogP contribution is 2.32. The standard InChI is InChI=1S/C17H27NOS/c1-18-17(14-19,15-8-4-2-5-9-15)12-13-20-16-10-6-3-7-11-16/h2,4-5,8-9,16,18-19H,3,6-7,10-14H2,1H3. The molecule has 1 saturated carbocycles. The molecule has 1 unspecified atom stereocenters. The van der Waals surface area contributed by atoms with Gasteiger partial charge in [0.15, 0.2) is 0 Å². The van der Waals surface area contributed by atoms with E-state index < -0.39 is 0 Å². The molecule has 1 atom stereocenters. The molecule has 1 aliphatic rings. The fourth-order valence-electron chi connectivity index (χ4n) is 3.05. The van der Waals surface area contributed by atoms with Gasteiger partial charge in [0.05, 0.1) is 12.1 Å². The molecule has 2 N–H and O–H groups in total. The highest BCUT2D eigenvalue weighted by molar-refractivity contribution is 7.99. The van der Waals surface area contributed by atoms with E-state index in [1.165, 1.54) is 37.7 Å². The number of likely N-dealkylation sites (N-methyl/N-ethyl adjacent to an activating group) is 1. The van der Waals surface area contributed by atoms with Gasteiger partial charge < -0.3 is 10.4 Å². The van der Waals surface area contributed by atoms with Crippen molar-refractivity contribution in [2.45, 2.75) is 49.3 Å². The second kappa shape index (κ2) is 8.06. The van der Waals surface area contributed by atoms with Gasteiger partial charge >= 0.3 is 0 Å². The molecule has 2 rings (SSSR count). The summed E-state index contributed by atoms with van der Waals surface area (Å²) in [7, 11) is 1.95. The van der Waals surface area contributed by atoms with Gasteiger partial charge in [-0.05, 0) is 37.6 Å². The van der Waals surface area contributed by atoms with Crippen LogP contribution < -0.4 is 5.32 Å². The Bertz CT molecular complexity index is 372. The third kappa shape index (κ3) is 4.00. The molecule has 3 heteroatoms. The molecule has 1 aromatic carbocycles. The normalized spacial score (nSPS) is 19.7. The van der Waals surface area contributed by atoms with Gasteiger partial charge in [0, 0.05) is 5.25 Å². The third-order valence-electron chi connectivity index (χ3n) is 4.51. The molecule has 2 nitrogen and oxygen atoms in total. The van der Waals surface area contributed by atoms with E-state index in [1.807, 2.05) is 25.2 Å². The van der Waals surface area contributed by atoms with Crippen molar-refractivity contribution in [1.29, 1.82) is 0 Å². The van der Waals surface area contributed by atoms with E-state index in [2.05, 4.69) is 29.2 Å². The lowest BCUT2D eigenvalue weighted by Gasteiger charge is -2.33. The predicted octanol–water partition coefficient (Wildman–Crippen LogP) is 3.55. The van der Waals surface area contributed by atoms with Crippen molar-refractivity contribution >= 4 is 11.8 Å². The van der Waals surface area contributed by atoms with Crippen LogP contribution in [0.15, 0.2) is 30.3 Å². The molecule has 1 aliphatic carbocycles. The minimum absolute atomic E-state index is 0.152. The van der Waals surface area contributed by atoms with Crippen molar-refractivity contribution in [3.63, 3.8) is 0 Å². The molecule has 1 fully saturated rings. The average Bonchev–Trinajstić information content (AvgIpc) is 2.54. The Hall–Kier alpha value is -0.510. The summed E-state index contributed by atoms with van der Waals surface area (Å²) in [6.45, 7) is 0.152. The van der Waals surface area contributed by atoms with E-state index in [4.69, 9.17) is 0 Å². The number of hydrogen-bond donors (Lipinski definition) is 2. The number of nitrogens with one attached hydrogen (secondary N) is 1. The van der Waals surface area contributed by atoms with Crippen LogP contribution in [0.1, 0.15) is 44.1 Å².